The predicted molar refractivity (Wildman–Crippen MR) is 190 cm³/mol. The van der Waals surface area contributed by atoms with Crippen molar-refractivity contribution in [2.24, 2.45) is 50.7 Å². The molecular formula is C40H66O14. The highest BCUT2D eigenvalue weighted by atomic mass is 16.7. The Labute approximate surface area is 318 Å². The minimum absolute atomic E-state index is 0.0658. The van der Waals surface area contributed by atoms with Gasteiger partial charge in [-0.3, -0.25) is 4.79 Å². The summed E-state index contributed by atoms with van der Waals surface area (Å²) in [6.45, 7) is 13.1. The van der Waals surface area contributed by atoms with Crippen molar-refractivity contribution in [3.8, 4) is 0 Å². The summed E-state index contributed by atoms with van der Waals surface area (Å²) in [4.78, 5) is 14.7. The number of Topliss-reactive ketones (excluding diaryl/α,β-unsaturated/α-hetero) is 1. The number of rotatable bonds is 9. The first-order valence-electron chi connectivity index (χ1n) is 20.2. The van der Waals surface area contributed by atoms with Gasteiger partial charge in [-0.05, 0) is 98.2 Å². The summed E-state index contributed by atoms with van der Waals surface area (Å²) in [5.41, 5.74) is -3.05. The van der Waals surface area contributed by atoms with Crippen LogP contribution in [0.5, 0.6) is 0 Å². The van der Waals surface area contributed by atoms with E-state index in [9.17, 15) is 50.8 Å². The Balaban J connectivity index is 1.09. The minimum Gasteiger partial charge on any atom is -0.393 e. The molecule has 14 heteroatoms. The molecule has 5 aliphatic carbocycles. The van der Waals surface area contributed by atoms with Gasteiger partial charge < -0.3 is 64.9 Å². The average Bonchev–Trinajstić information content (AvgIpc) is 3.67. The highest BCUT2D eigenvalue weighted by Gasteiger charge is 2.84. The summed E-state index contributed by atoms with van der Waals surface area (Å²) in [7, 11) is 0. The molecule has 0 amide bonds. The lowest BCUT2D eigenvalue weighted by molar-refractivity contribution is -0.354. The highest BCUT2D eigenvalue weighted by Crippen LogP contribution is 2.88. The number of hydrogen-bond acceptors (Lipinski definition) is 14. The second-order valence-electron chi connectivity index (χ2n) is 20.3. The van der Waals surface area contributed by atoms with Gasteiger partial charge in [0.2, 0.25) is 0 Å². The summed E-state index contributed by atoms with van der Waals surface area (Å²) >= 11 is 0. The molecule has 0 aromatic carbocycles. The molecule has 0 bridgehead atoms. The Kier molecular flexibility index (Phi) is 10.4. The standard InChI is InChI=1S/C40H66O14/c1-18(12-20(42)32(49)36(4,5)50)26-21(43)14-38(7)24-13-19(41)31-35(2,3)25(8-9-40(31)17-39(24,40)11-10-37(26,38)6)53-34-30(28(47)23(45)16-52-34)54-33-29(48)27(46)22(44)15-51-33/h18,20-34,42-50H,8-17H2,1-7H3. The Bertz CT molecular complexity index is 1420. The first kappa shape index (κ1) is 41.3. The molecule has 20 unspecified atom stereocenters. The van der Waals surface area contributed by atoms with Gasteiger partial charge in [0.15, 0.2) is 12.6 Å². The summed E-state index contributed by atoms with van der Waals surface area (Å²) in [5, 5.41) is 95.7. The molecular weight excluding hydrogens is 704 g/mol. The van der Waals surface area contributed by atoms with Gasteiger partial charge in [0.05, 0.1) is 37.1 Å². The van der Waals surface area contributed by atoms with Crippen LogP contribution in [0.1, 0.15) is 99.8 Å². The van der Waals surface area contributed by atoms with Crippen molar-refractivity contribution in [3.63, 3.8) is 0 Å². The molecule has 14 nitrogen and oxygen atoms in total. The third kappa shape index (κ3) is 5.94. The second kappa shape index (κ2) is 13.6. The van der Waals surface area contributed by atoms with E-state index in [1.807, 2.05) is 6.92 Å². The van der Waals surface area contributed by atoms with E-state index in [1.165, 1.54) is 13.8 Å². The largest absolute Gasteiger partial charge is 0.393 e. The van der Waals surface area contributed by atoms with Crippen LogP contribution in [0.4, 0.5) is 0 Å². The lowest BCUT2D eigenvalue weighted by Gasteiger charge is -2.63. The second-order valence-corrected chi connectivity index (χ2v) is 20.3. The smallest absolute Gasteiger partial charge is 0.186 e. The number of aliphatic hydroxyl groups is 9. The number of hydrogen-bond donors (Lipinski definition) is 9. The average molecular weight is 771 g/mol. The molecule has 9 N–H and O–H groups in total. The molecule has 7 fully saturated rings. The first-order valence-corrected chi connectivity index (χ1v) is 20.2. The number of fused-ring (bicyclic) bond motifs is 2. The zero-order valence-electron chi connectivity index (χ0n) is 32.9. The van der Waals surface area contributed by atoms with Crippen LogP contribution in [-0.2, 0) is 23.7 Å². The molecule has 2 spiro atoms. The maximum Gasteiger partial charge on any atom is 0.186 e. The number of aliphatic hydroxyl groups excluding tert-OH is 8. The van der Waals surface area contributed by atoms with E-state index in [2.05, 4.69) is 27.7 Å². The monoisotopic (exact) mass is 770 g/mol. The van der Waals surface area contributed by atoms with Crippen LogP contribution >= 0.6 is 0 Å². The van der Waals surface area contributed by atoms with E-state index in [-0.39, 0.29) is 70.7 Å². The SMILES string of the molecule is CC(CC(O)C(O)C(C)(C)O)C1C(O)CC2(C)C3CC(=O)C4C(C)(C)C(OC5OCC(O)C(O)C5OC5OCC(O)C(O)C5O)CCC45CC35CCC12C. The molecule has 310 valence electrons. The van der Waals surface area contributed by atoms with Gasteiger partial charge in [-0.2, -0.15) is 0 Å². The molecule has 0 radical (unpaired) electrons. The number of ether oxygens (including phenoxy) is 4. The lowest BCUT2D eigenvalue weighted by atomic mass is 9.41. The molecule has 7 rings (SSSR count). The van der Waals surface area contributed by atoms with E-state index in [4.69, 9.17) is 18.9 Å². The van der Waals surface area contributed by atoms with E-state index in [0.717, 1.165) is 25.7 Å². The van der Waals surface area contributed by atoms with Crippen molar-refractivity contribution in [1.29, 1.82) is 0 Å². The van der Waals surface area contributed by atoms with Crippen molar-refractivity contribution in [2.75, 3.05) is 13.2 Å². The number of carbonyl (C=O) groups is 1. The van der Waals surface area contributed by atoms with Gasteiger partial charge in [-0.15, -0.1) is 0 Å². The van der Waals surface area contributed by atoms with Crippen molar-refractivity contribution < 1.29 is 69.7 Å². The van der Waals surface area contributed by atoms with Crippen LogP contribution in [0.2, 0.25) is 0 Å². The summed E-state index contributed by atoms with van der Waals surface area (Å²) in [6, 6.07) is 0. The molecule has 0 aromatic rings. The minimum atomic E-state index is -1.62. The van der Waals surface area contributed by atoms with Crippen LogP contribution in [0.15, 0.2) is 0 Å². The maximum absolute atomic E-state index is 14.7. The topological polar surface area (TPSA) is 236 Å². The van der Waals surface area contributed by atoms with E-state index in [0.29, 0.717) is 19.3 Å². The van der Waals surface area contributed by atoms with Crippen molar-refractivity contribution >= 4 is 5.78 Å². The predicted octanol–water partition coefficient (Wildman–Crippen LogP) is 0.382. The Morgan fingerprint density at radius 2 is 1.44 bits per heavy atom. The normalized spacial score (nSPS) is 53.0. The Hall–Kier alpha value is -0.850. The zero-order chi connectivity index (χ0) is 39.7. The Morgan fingerprint density at radius 3 is 2.09 bits per heavy atom. The molecule has 7 aliphatic rings. The fourth-order valence-corrected chi connectivity index (χ4v) is 13.8. The van der Waals surface area contributed by atoms with Gasteiger partial charge in [0.1, 0.15) is 48.5 Å². The maximum atomic E-state index is 14.7. The highest BCUT2D eigenvalue weighted by molar-refractivity contribution is 5.86. The first-order chi connectivity index (χ1) is 25.0. The van der Waals surface area contributed by atoms with Gasteiger partial charge in [0, 0.05) is 17.8 Å². The van der Waals surface area contributed by atoms with Gasteiger partial charge in [-0.1, -0.05) is 34.6 Å². The van der Waals surface area contributed by atoms with Crippen LogP contribution < -0.4 is 0 Å². The fraction of sp³-hybridized carbons (Fsp3) is 0.975. The molecule has 54 heavy (non-hydrogen) atoms. The summed E-state index contributed by atoms with van der Waals surface area (Å²) < 4.78 is 23.8. The van der Waals surface area contributed by atoms with Crippen LogP contribution in [0.3, 0.4) is 0 Å². The van der Waals surface area contributed by atoms with Gasteiger partial charge in [-0.25, -0.2) is 0 Å². The van der Waals surface area contributed by atoms with E-state index < -0.39 is 84.6 Å². The quantitative estimate of drug-likeness (QED) is 0.144. The number of ketones is 1. The van der Waals surface area contributed by atoms with E-state index in [1.54, 1.807) is 0 Å². The summed E-state index contributed by atoms with van der Waals surface area (Å²) in [5.74, 6) is -0.332. The van der Waals surface area contributed by atoms with Crippen LogP contribution in [0.25, 0.3) is 0 Å². The molecule has 2 aliphatic heterocycles. The lowest BCUT2D eigenvalue weighted by Crippen LogP contribution is -2.63. The van der Waals surface area contributed by atoms with Crippen molar-refractivity contribution in [2.45, 2.75) is 179 Å². The Morgan fingerprint density at radius 1 is 0.815 bits per heavy atom. The third-order valence-corrected chi connectivity index (χ3v) is 16.6. The van der Waals surface area contributed by atoms with Gasteiger partial charge >= 0.3 is 0 Å². The number of carbonyl (C=O) groups excluding carboxylic acids is 1. The van der Waals surface area contributed by atoms with E-state index >= 15 is 0 Å². The molecule has 0 aromatic heterocycles. The molecule has 5 saturated carbocycles. The van der Waals surface area contributed by atoms with Gasteiger partial charge in [0.25, 0.3) is 0 Å². The zero-order valence-corrected chi connectivity index (χ0v) is 32.9. The third-order valence-electron chi connectivity index (χ3n) is 16.6. The van der Waals surface area contributed by atoms with Crippen molar-refractivity contribution in [1.82, 2.24) is 0 Å². The fourth-order valence-electron chi connectivity index (χ4n) is 13.8. The van der Waals surface area contributed by atoms with Crippen LogP contribution in [0, 0.1) is 50.7 Å². The molecule has 20 atom stereocenters. The molecule has 2 saturated heterocycles. The summed E-state index contributed by atoms with van der Waals surface area (Å²) in [6.07, 6.45) is -9.47. The molecule has 2 heterocycles. The van der Waals surface area contributed by atoms with Crippen molar-refractivity contribution in [3.05, 3.63) is 0 Å². The van der Waals surface area contributed by atoms with Crippen LogP contribution in [-0.4, -0.2) is 144 Å².